The zero-order chi connectivity index (χ0) is 19.6. The first-order chi connectivity index (χ1) is 13.6. The third-order valence-corrected chi connectivity index (χ3v) is 7.27. The van der Waals surface area contributed by atoms with E-state index in [1.807, 2.05) is 0 Å². The molecule has 1 aliphatic carbocycles. The van der Waals surface area contributed by atoms with Gasteiger partial charge < -0.3 is 9.80 Å². The molecule has 0 N–H and O–H groups in total. The van der Waals surface area contributed by atoms with Crippen LogP contribution >= 0.6 is 0 Å². The maximum atomic E-state index is 8.98. The van der Waals surface area contributed by atoms with Crippen LogP contribution in [0.4, 0.5) is 11.4 Å². The van der Waals surface area contributed by atoms with Crippen molar-refractivity contribution >= 4 is 11.4 Å². The summed E-state index contributed by atoms with van der Waals surface area (Å²) >= 11 is 0. The SMILES string of the molecule is CC1(C)CCC(c2cc(N3CCCC3)ccc2N2CCN(CC#N)CC2)CC1. The van der Waals surface area contributed by atoms with Crippen LogP contribution < -0.4 is 9.80 Å². The van der Waals surface area contributed by atoms with Crippen molar-refractivity contribution in [2.24, 2.45) is 5.41 Å². The van der Waals surface area contributed by atoms with Crippen LogP contribution in [0.1, 0.15) is 63.9 Å². The van der Waals surface area contributed by atoms with E-state index in [0.717, 1.165) is 26.2 Å². The molecule has 3 aliphatic rings. The summed E-state index contributed by atoms with van der Waals surface area (Å²) in [5, 5.41) is 8.98. The van der Waals surface area contributed by atoms with Crippen molar-refractivity contribution in [3.05, 3.63) is 23.8 Å². The molecule has 0 atom stereocenters. The van der Waals surface area contributed by atoms with Crippen LogP contribution in [-0.4, -0.2) is 50.7 Å². The Morgan fingerprint density at radius 3 is 2.29 bits per heavy atom. The fourth-order valence-corrected chi connectivity index (χ4v) is 5.29. The fourth-order valence-electron chi connectivity index (χ4n) is 5.29. The molecule has 3 fully saturated rings. The Morgan fingerprint density at radius 2 is 1.64 bits per heavy atom. The van der Waals surface area contributed by atoms with Gasteiger partial charge in [0.1, 0.15) is 0 Å². The van der Waals surface area contributed by atoms with E-state index < -0.39 is 0 Å². The monoisotopic (exact) mass is 380 g/mol. The first-order valence-electron chi connectivity index (χ1n) is 11.3. The van der Waals surface area contributed by atoms with Gasteiger partial charge in [-0.3, -0.25) is 4.90 Å². The van der Waals surface area contributed by atoms with Crippen molar-refractivity contribution in [1.29, 1.82) is 5.26 Å². The molecule has 0 radical (unpaired) electrons. The second kappa shape index (κ2) is 8.33. The zero-order valence-electron chi connectivity index (χ0n) is 17.8. The number of hydrogen-bond donors (Lipinski definition) is 0. The summed E-state index contributed by atoms with van der Waals surface area (Å²) in [4.78, 5) is 7.43. The lowest BCUT2D eigenvalue weighted by Crippen LogP contribution is -2.46. The van der Waals surface area contributed by atoms with E-state index in [1.165, 1.54) is 63.0 Å². The molecule has 4 rings (SSSR count). The van der Waals surface area contributed by atoms with Gasteiger partial charge in [-0.2, -0.15) is 5.26 Å². The molecule has 4 nitrogen and oxygen atoms in total. The maximum absolute atomic E-state index is 8.98. The summed E-state index contributed by atoms with van der Waals surface area (Å²) in [5.74, 6) is 0.697. The molecule has 1 aromatic carbocycles. The summed E-state index contributed by atoms with van der Waals surface area (Å²) in [6.45, 7) is 11.9. The van der Waals surface area contributed by atoms with E-state index in [4.69, 9.17) is 5.26 Å². The Bertz CT molecular complexity index is 696. The van der Waals surface area contributed by atoms with E-state index in [9.17, 15) is 0 Å². The van der Waals surface area contributed by atoms with E-state index in [-0.39, 0.29) is 0 Å². The lowest BCUT2D eigenvalue weighted by atomic mass is 9.71. The van der Waals surface area contributed by atoms with E-state index in [1.54, 1.807) is 5.56 Å². The molecule has 0 spiro atoms. The van der Waals surface area contributed by atoms with Crippen molar-refractivity contribution < 1.29 is 0 Å². The van der Waals surface area contributed by atoms with Crippen molar-refractivity contribution in [3.8, 4) is 6.07 Å². The highest BCUT2D eigenvalue weighted by atomic mass is 15.3. The van der Waals surface area contributed by atoms with Gasteiger partial charge >= 0.3 is 0 Å². The predicted octanol–water partition coefficient (Wildman–Crippen LogP) is 4.62. The van der Waals surface area contributed by atoms with Gasteiger partial charge in [0.2, 0.25) is 0 Å². The van der Waals surface area contributed by atoms with Crippen molar-refractivity contribution in [3.63, 3.8) is 0 Å². The molecule has 2 aliphatic heterocycles. The molecule has 2 heterocycles. The smallest absolute Gasteiger partial charge is 0.0867 e. The Hall–Kier alpha value is -1.73. The molecule has 152 valence electrons. The lowest BCUT2D eigenvalue weighted by Gasteiger charge is -2.39. The van der Waals surface area contributed by atoms with E-state index >= 15 is 0 Å². The van der Waals surface area contributed by atoms with Crippen LogP contribution in [0.15, 0.2) is 18.2 Å². The van der Waals surface area contributed by atoms with Gasteiger partial charge in [-0.1, -0.05) is 13.8 Å². The average molecular weight is 381 g/mol. The highest BCUT2D eigenvalue weighted by Crippen LogP contribution is 2.45. The van der Waals surface area contributed by atoms with E-state index in [0.29, 0.717) is 17.9 Å². The second-order valence-corrected chi connectivity index (χ2v) is 9.80. The quantitative estimate of drug-likeness (QED) is 0.714. The summed E-state index contributed by atoms with van der Waals surface area (Å²) in [7, 11) is 0. The van der Waals surface area contributed by atoms with Crippen LogP contribution in [0.25, 0.3) is 0 Å². The second-order valence-electron chi connectivity index (χ2n) is 9.80. The summed E-state index contributed by atoms with van der Waals surface area (Å²) in [5.41, 5.74) is 4.99. The summed E-state index contributed by atoms with van der Waals surface area (Å²) in [6, 6.07) is 9.60. The standard InChI is InChI=1S/C24H36N4/c1-24(2)9-7-20(8-10-24)22-19-21(27-12-3-4-13-27)5-6-23(22)28-17-15-26(14-11-25)16-18-28/h5-6,19-20H,3-4,7-10,12-18H2,1-2H3. The molecule has 1 aromatic rings. The third kappa shape index (κ3) is 4.30. The van der Waals surface area contributed by atoms with Crippen molar-refractivity contribution in [2.45, 2.75) is 58.3 Å². The molecule has 1 saturated carbocycles. The lowest BCUT2D eigenvalue weighted by molar-refractivity contribution is 0.224. The minimum absolute atomic E-state index is 0.506. The Balaban J connectivity index is 1.57. The summed E-state index contributed by atoms with van der Waals surface area (Å²) < 4.78 is 0. The Labute approximate surface area is 171 Å². The van der Waals surface area contributed by atoms with Crippen LogP contribution in [0, 0.1) is 16.7 Å². The van der Waals surface area contributed by atoms with Gasteiger partial charge in [-0.25, -0.2) is 0 Å². The van der Waals surface area contributed by atoms with Crippen LogP contribution in [0.5, 0.6) is 0 Å². The number of hydrogen-bond acceptors (Lipinski definition) is 4. The van der Waals surface area contributed by atoms with E-state index in [2.05, 4.69) is 52.8 Å². The first kappa shape index (κ1) is 19.6. The number of benzene rings is 1. The molecule has 0 unspecified atom stereocenters. The number of rotatable bonds is 4. The summed E-state index contributed by atoms with van der Waals surface area (Å²) in [6.07, 6.45) is 7.96. The van der Waals surface area contributed by atoms with Crippen molar-refractivity contribution in [2.75, 3.05) is 55.6 Å². The fraction of sp³-hybridized carbons (Fsp3) is 0.708. The number of anilines is 2. The Kier molecular flexibility index (Phi) is 5.83. The minimum atomic E-state index is 0.506. The van der Waals surface area contributed by atoms with Crippen LogP contribution in [0.3, 0.4) is 0 Å². The van der Waals surface area contributed by atoms with Crippen LogP contribution in [0.2, 0.25) is 0 Å². The van der Waals surface area contributed by atoms with Gasteiger partial charge in [0, 0.05) is 50.6 Å². The molecular formula is C24H36N4. The first-order valence-corrected chi connectivity index (χ1v) is 11.3. The van der Waals surface area contributed by atoms with Gasteiger partial charge in [0.25, 0.3) is 0 Å². The average Bonchev–Trinajstić information content (AvgIpc) is 3.23. The minimum Gasteiger partial charge on any atom is -0.372 e. The number of piperazine rings is 1. The largest absolute Gasteiger partial charge is 0.372 e. The highest BCUT2D eigenvalue weighted by Gasteiger charge is 2.30. The molecular weight excluding hydrogens is 344 g/mol. The molecule has 0 aromatic heterocycles. The van der Waals surface area contributed by atoms with Gasteiger partial charge in [-0.15, -0.1) is 0 Å². The Morgan fingerprint density at radius 1 is 0.964 bits per heavy atom. The van der Waals surface area contributed by atoms with Crippen LogP contribution in [-0.2, 0) is 0 Å². The molecule has 0 amide bonds. The molecule has 4 heteroatoms. The van der Waals surface area contributed by atoms with Gasteiger partial charge in [0.15, 0.2) is 0 Å². The highest BCUT2D eigenvalue weighted by molar-refractivity contribution is 5.64. The molecule has 2 saturated heterocycles. The maximum Gasteiger partial charge on any atom is 0.0867 e. The topological polar surface area (TPSA) is 33.5 Å². The van der Waals surface area contributed by atoms with Gasteiger partial charge in [-0.05, 0) is 73.6 Å². The normalized spacial score (nSPS) is 23.8. The predicted molar refractivity (Wildman–Crippen MR) is 117 cm³/mol. The molecule has 28 heavy (non-hydrogen) atoms. The van der Waals surface area contributed by atoms with Crippen molar-refractivity contribution in [1.82, 2.24) is 4.90 Å². The van der Waals surface area contributed by atoms with Gasteiger partial charge in [0.05, 0.1) is 12.6 Å². The molecule has 0 bridgehead atoms. The number of nitriles is 1. The third-order valence-electron chi connectivity index (χ3n) is 7.27. The zero-order valence-corrected chi connectivity index (χ0v) is 17.8. The number of nitrogens with zero attached hydrogens (tertiary/aromatic N) is 4.